The number of pyridine rings is 1. The lowest BCUT2D eigenvalue weighted by molar-refractivity contribution is 0.00154. The second-order valence-electron chi connectivity index (χ2n) is 9.51. The predicted molar refractivity (Wildman–Crippen MR) is 143 cm³/mol. The van der Waals surface area contributed by atoms with Gasteiger partial charge in [0.25, 0.3) is 5.88 Å². The van der Waals surface area contributed by atoms with Gasteiger partial charge in [0.1, 0.15) is 18.0 Å². The van der Waals surface area contributed by atoms with E-state index in [9.17, 15) is 8.42 Å². The summed E-state index contributed by atoms with van der Waals surface area (Å²) in [5.74, 6) is 1.27. The largest absolute Gasteiger partial charge is 0.485 e. The summed E-state index contributed by atoms with van der Waals surface area (Å²) in [7, 11) is -2.56. The molecule has 3 aromatic rings. The lowest BCUT2D eigenvalue weighted by atomic mass is 10.2. The van der Waals surface area contributed by atoms with E-state index >= 15 is 0 Å². The smallest absolute Gasteiger partial charge is 0.258 e. The van der Waals surface area contributed by atoms with Gasteiger partial charge in [0.2, 0.25) is 16.0 Å². The summed E-state index contributed by atoms with van der Waals surface area (Å²) in [5.41, 5.74) is 0.556. The van der Waals surface area contributed by atoms with E-state index in [1.165, 1.54) is 19.3 Å². The molecule has 0 unspecified atom stereocenters. The fourth-order valence-electron chi connectivity index (χ4n) is 4.04. The van der Waals surface area contributed by atoms with Crippen molar-refractivity contribution in [2.45, 2.75) is 64.2 Å². The molecule has 0 fully saturated rings. The van der Waals surface area contributed by atoms with Gasteiger partial charge in [0, 0.05) is 25.7 Å². The summed E-state index contributed by atoms with van der Waals surface area (Å²) in [5, 5.41) is 7.72. The predicted octanol–water partition coefficient (Wildman–Crippen LogP) is 3.45. The molecule has 4 heterocycles. The first-order valence-corrected chi connectivity index (χ1v) is 14.3. The van der Waals surface area contributed by atoms with Crippen LogP contribution in [0.1, 0.15) is 52.6 Å². The standard InChI is InChI=1S/C24H32ClN7O6S/c1-13(2)37-19(21-27-9-16(25)10-28-21)15(5)39(33,34)31-24-30-29-22-18-7-8-26-23(38-14(3)4)20(18)36-12-17(11-35-6)32(22)24/h7-10,13-15,17,19H,11-12H2,1-6H3,(H,30,31)/t15-,17-,19+/m0/s1. The minimum Gasteiger partial charge on any atom is -0.485 e. The van der Waals surface area contributed by atoms with E-state index in [1.54, 1.807) is 37.8 Å². The molecule has 1 aliphatic rings. The number of ether oxygens (including phenoxy) is 4. The molecule has 0 aromatic carbocycles. The van der Waals surface area contributed by atoms with Crippen LogP contribution in [0.15, 0.2) is 24.7 Å². The molecular formula is C24H32ClN7O6S. The van der Waals surface area contributed by atoms with Crippen LogP contribution in [0.3, 0.4) is 0 Å². The summed E-state index contributed by atoms with van der Waals surface area (Å²) in [6.07, 6.45) is 2.94. The number of hydrogen-bond donors (Lipinski definition) is 1. The lowest BCUT2D eigenvalue weighted by Gasteiger charge is -2.26. The maximum Gasteiger partial charge on any atom is 0.258 e. The van der Waals surface area contributed by atoms with E-state index in [-0.39, 0.29) is 37.2 Å². The molecule has 0 aliphatic carbocycles. The topological polar surface area (TPSA) is 152 Å². The third kappa shape index (κ3) is 6.40. The molecule has 39 heavy (non-hydrogen) atoms. The van der Waals surface area contributed by atoms with Crippen molar-refractivity contribution >= 4 is 27.6 Å². The van der Waals surface area contributed by atoms with E-state index < -0.39 is 27.4 Å². The Morgan fingerprint density at radius 1 is 1.13 bits per heavy atom. The van der Waals surface area contributed by atoms with E-state index in [0.717, 1.165) is 0 Å². The van der Waals surface area contributed by atoms with Crippen LogP contribution in [0.5, 0.6) is 11.6 Å². The van der Waals surface area contributed by atoms with Crippen molar-refractivity contribution in [3.05, 3.63) is 35.5 Å². The summed E-state index contributed by atoms with van der Waals surface area (Å²) in [4.78, 5) is 12.7. The number of methoxy groups -OCH3 is 1. The highest BCUT2D eigenvalue weighted by Gasteiger charge is 2.37. The Morgan fingerprint density at radius 3 is 2.49 bits per heavy atom. The van der Waals surface area contributed by atoms with Crippen LogP contribution < -0.4 is 14.2 Å². The molecule has 0 spiro atoms. The lowest BCUT2D eigenvalue weighted by Crippen LogP contribution is -2.35. The Balaban J connectivity index is 1.73. The van der Waals surface area contributed by atoms with E-state index in [4.69, 9.17) is 30.5 Å². The van der Waals surface area contributed by atoms with Crippen molar-refractivity contribution in [1.29, 1.82) is 0 Å². The molecule has 0 bridgehead atoms. The zero-order valence-corrected chi connectivity index (χ0v) is 24.1. The first-order valence-electron chi connectivity index (χ1n) is 12.4. The number of sulfonamides is 1. The molecule has 15 heteroatoms. The van der Waals surface area contributed by atoms with Gasteiger partial charge in [0.15, 0.2) is 17.4 Å². The Morgan fingerprint density at radius 2 is 1.85 bits per heavy atom. The van der Waals surface area contributed by atoms with Gasteiger partial charge in [-0.15, -0.1) is 10.2 Å². The van der Waals surface area contributed by atoms with Crippen LogP contribution >= 0.6 is 11.6 Å². The van der Waals surface area contributed by atoms with Gasteiger partial charge < -0.3 is 18.9 Å². The highest BCUT2D eigenvalue weighted by atomic mass is 35.5. The van der Waals surface area contributed by atoms with Gasteiger partial charge in [-0.3, -0.25) is 9.29 Å². The number of nitrogens with one attached hydrogen (secondary N) is 1. The molecule has 0 amide bonds. The summed E-state index contributed by atoms with van der Waals surface area (Å²) in [6.45, 7) is 9.21. The van der Waals surface area contributed by atoms with Crippen molar-refractivity contribution < 1.29 is 27.4 Å². The minimum absolute atomic E-state index is 0.00110. The van der Waals surface area contributed by atoms with Gasteiger partial charge in [0.05, 0.1) is 35.4 Å². The van der Waals surface area contributed by atoms with Gasteiger partial charge in [-0.1, -0.05) is 11.6 Å². The summed E-state index contributed by atoms with van der Waals surface area (Å²) >= 11 is 5.93. The molecule has 3 atom stereocenters. The third-order valence-electron chi connectivity index (χ3n) is 5.76. The Bertz CT molecular complexity index is 1380. The molecule has 0 saturated carbocycles. The van der Waals surface area contributed by atoms with Gasteiger partial charge >= 0.3 is 0 Å². The van der Waals surface area contributed by atoms with Crippen LogP contribution in [0.2, 0.25) is 5.02 Å². The number of hydrogen-bond acceptors (Lipinski definition) is 11. The first-order chi connectivity index (χ1) is 18.5. The van der Waals surface area contributed by atoms with Crippen molar-refractivity contribution in [2.75, 3.05) is 25.0 Å². The average molecular weight is 582 g/mol. The third-order valence-corrected chi connectivity index (χ3v) is 7.65. The van der Waals surface area contributed by atoms with Crippen molar-refractivity contribution in [3.63, 3.8) is 0 Å². The van der Waals surface area contributed by atoms with Crippen LogP contribution in [0, 0.1) is 0 Å². The maximum absolute atomic E-state index is 13.7. The number of rotatable bonds is 11. The molecule has 3 aromatic heterocycles. The van der Waals surface area contributed by atoms with E-state index in [0.29, 0.717) is 28.0 Å². The van der Waals surface area contributed by atoms with Crippen LogP contribution in [-0.4, -0.2) is 75.9 Å². The Labute approximate surface area is 232 Å². The molecule has 0 saturated heterocycles. The number of fused-ring (bicyclic) bond motifs is 3. The van der Waals surface area contributed by atoms with Gasteiger partial charge in [-0.2, -0.15) is 0 Å². The maximum atomic E-state index is 13.7. The summed E-state index contributed by atoms with van der Waals surface area (Å²) in [6, 6.07) is 1.25. The average Bonchev–Trinajstić information content (AvgIpc) is 3.20. The molecule has 1 aliphatic heterocycles. The number of nitrogens with zero attached hydrogens (tertiary/aromatic N) is 6. The monoisotopic (exact) mass is 581 g/mol. The second-order valence-corrected chi connectivity index (χ2v) is 12.0. The zero-order valence-electron chi connectivity index (χ0n) is 22.5. The van der Waals surface area contributed by atoms with E-state index in [1.807, 2.05) is 13.8 Å². The minimum atomic E-state index is -4.10. The fourth-order valence-corrected chi connectivity index (χ4v) is 5.23. The molecule has 1 N–H and O–H groups in total. The molecular weight excluding hydrogens is 550 g/mol. The van der Waals surface area contributed by atoms with Crippen molar-refractivity contribution in [3.8, 4) is 23.0 Å². The second kappa shape index (κ2) is 12.0. The highest BCUT2D eigenvalue weighted by molar-refractivity contribution is 7.93. The zero-order chi connectivity index (χ0) is 28.3. The van der Waals surface area contributed by atoms with E-state index in [2.05, 4.69) is 29.9 Å². The number of aromatic nitrogens is 6. The van der Waals surface area contributed by atoms with Crippen molar-refractivity contribution in [1.82, 2.24) is 29.7 Å². The van der Waals surface area contributed by atoms with Crippen LogP contribution in [0.25, 0.3) is 11.4 Å². The highest BCUT2D eigenvalue weighted by Crippen LogP contribution is 2.41. The fraction of sp³-hybridized carbons (Fsp3) is 0.542. The first kappa shape index (κ1) is 28.9. The quantitative estimate of drug-likeness (QED) is 0.354. The normalized spacial score (nSPS) is 16.7. The van der Waals surface area contributed by atoms with Gasteiger partial charge in [-0.05, 0) is 40.7 Å². The number of halogens is 1. The molecule has 212 valence electrons. The Hall–Kier alpha value is -3.07. The van der Waals surface area contributed by atoms with Crippen LogP contribution in [-0.2, 0) is 19.5 Å². The SMILES string of the molecule is COC[C@H]1COc2c(ccnc2OC(C)C)-c2nnc(NS(=O)(=O)[C@@H](C)[C@@H](OC(C)C)c3ncc(Cl)cn3)n21. The molecule has 0 radical (unpaired) electrons. The van der Waals surface area contributed by atoms with Crippen LogP contribution in [0.4, 0.5) is 5.95 Å². The number of anilines is 1. The van der Waals surface area contributed by atoms with Crippen molar-refractivity contribution in [2.24, 2.45) is 0 Å². The molecule has 13 nitrogen and oxygen atoms in total. The summed E-state index contributed by atoms with van der Waals surface area (Å²) < 4.78 is 54.9. The molecule has 4 rings (SSSR count). The Kier molecular flexibility index (Phi) is 8.89. The van der Waals surface area contributed by atoms with Gasteiger partial charge in [-0.25, -0.2) is 23.4 Å².